The van der Waals surface area contributed by atoms with E-state index in [0.29, 0.717) is 19.7 Å². The van der Waals surface area contributed by atoms with E-state index in [-0.39, 0.29) is 6.10 Å². The predicted octanol–water partition coefficient (Wildman–Crippen LogP) is 3.17. The molecule has 2 aromatic carbocycles. The van der Waals surface area contributed by atoms with Gasteiger partial charge in [-0.25, -0.2) is 14.7 Å². The largest absolute Gasteiger partial charge is 0.370 e. The molecular formula is C24H30N6O. The zero-order chi connectivity index (χ0) is 21.5. The summed E-state index contributed by atoms with van der Waals surface area (Å²) in [5.74, 6) is 0.936. The average molecular weight is 419 g/mol. The van der Waals surface area contributed by atoms with Crippen LogP contribution in [0.4, 0.5) is 0 Å². The van der Waals surface area contributed by atoms with Gasteiger partial charge in [-0.15, -0.1) is 0 Å². The number of morpholine rings is 1. The highest BCUT2D eigenvalue weighted by Gasteiger charge is 2.25. The van der Waals surface area contributed by atoms with Crippen LogP contribution in [0.1, 0.15) is 35.3 Å². The average Bonchev–Trinajstić information content (AvgIpc) is 3.30. The van der Waals surface area contributed by atoms with Gasteiger partial charge in [-0.3, -0.25) is 0 Å². The lowest BCUT2D eigenvalue weighted by Crippen LogP contribution is -2.48. The summed E-state index contributed by atoms with van der Waals surface area (Å²) in [6.45, 7) is 8.73. The third-order valence-electron chi connectivity index (χ3n) is 5.45. The van der Waals surface area contributed by atoms with Crippen molar-refractivity contribution in [1.82, 2.24) is 25.0 Å². The lowest BCUT2D eigenvalue weighted by molar-refractivity contribution is -0.00834. The normalized spacial score (nSPS) is 17.0. The lowest BCUT2D eigenvalue weighted by Gasteiger charge is -2.35. The van der Waals surface area contributed by atoms with Gasteiger partial charge in [-0.1, -0.05) is 48.5 Å². The number of hydrogen-bond donors (Lipinski definition) is 1. The van der Waals surface area contributed by atoms with Gasteiger partial charge < -0.3 is 15.0 Å². The molecule has 2 heterocycles. The van der Waals surface area contributed by atoms with Crippen molar-refractivity contribution in [3.8, 4) is 0 Å². The molecule has 0 aliphatic carbocycles. The molecule has 1 aromatic heterocycles. The van der Waals surface area contributed by atoms with E-state index >= 15 is 0 Å². The van der Waals surface area contributed by atoms with Crippen molar-refractivity contribution >= 4 is 5.96 Å². The molecule has 1 atom stereocenters. The Morgan fingerprint density at radius 2 is 2.06 bits per heavy atom. The molecule has 3 aromatic rings. The van der Waals surface area contributed by atoms with Crippen molar-refractivity contribution in [3.63, 3.8) is 0 Å². The van der Waals surface area contributed by atoms with Crippen LogP contribution < -0.4 is 5.32 Å². The Hall–Kier alpha value is -3.19. The first kappa shape index (κ1) is 21.1. The van der Waals surface area contributed by atoms with Crippen molar-refractivity contribution in [2.75, 3.05) is 26.2 Å². The minimum Gasteiger partial charge on any atom is -0.370 e. The first-order chi connectivity index (χ1) is 15.2. The van der Waals surface area contributed by atoms with Crippen LogP contribution in [-0.2, 0) is 17.8 Å². The van der Waals surface area contributed by atoms with Crippen LogP contribution in [0.3, 0.4) is 0 Å². The summed E-state index contributed by atoms with van der Waals surface area (Å²) in [6.07, 6.45) is 3.35. The Kier molecular flexibility index (Phi) is 6.94. The number of rotatable bonds is 6. The number of aryl methyl sites for hydroxylation is 1. The maximum absolute atomic E-state index is 6.09. The second-order valence-corrected chi connectivity index (χ2v) is 7.75. The number of ether oxygens (including phenoxy) is 1. The molecule has 162 valence electrons. The fourth-order valence-corrected chi connectivity index (χ4v) is 3.90. The van der Waals surface area contributed by atoms with Gasteiger partial charge in [0.1, 0.15) is 18.8 Å². The summed E-state index contributed by atoms with van der Waals surface area (Å²) in [5, 5.41) is 7.65. The molecule has 1 aliphatic rings. The van der Waals surface area contributed by atoms with Gasteiger partial charge in [0, 0.05) is 13.1 Å². The van der Waals surface area contributed by atoms with Gasteiger partial charge in [-0.2, -0.15) is 5.10 Å². The lowest BCUT2D eigenvalue weighted by atomic mass is 10.0. The fraction of sp³-hybridized carbons (Fsp3) is 0.375. The van der Waals surface area contributed by atoms with Crippen LogP contribution in [0.5, 0.6) is 0 Å². The Morgan fingerprint density at radius 1 is 1.19 bits per heavy atom. The monoisotopic (exact) mass is 418 g/mol. The molecule has 0 radical (unpaired) electrons. The molecule has 0 spiro atoms. The quantitative estimate of drug-likeness (QED) is 0.492. The van der Waals surface area contributed by atoms with E-state index in [1.807, 2.05) is 4.68 Å². The highest BCUT2D eigenvalue weighted by atomic mass is 16.5. The smallest absolute Gasteiger partial charge is 0.194 e. The van der Waals surface area contributed by atoms with Gasteiger partial charge in [0.2, 0.25) is 0 Å². The predicted molar refractivity (Wildman–Crippen MR) is 122 cm³/mol. The third kappa shape index (κ3) is 5.49. The van der Waals surface area contributed by atoms with Crippen molar-refractivity contribution in [2.45, 2.75) is 33.0 Å². The Morgan fingerprint density at radius 3 is 2.87 bits per heavy atom. The van der Waals surface area contributed by atoms with Gasteiger partial charge in [0.15, 0.2) is 5.96 Å². The molecule has 0 bridgehead atoms. The van der Waals surface area contributed by atoms with Gasteiger partial charge in [0.05, 0.1) is 26.2 Å². The highest BCUT2D eigenvalue weighted by molar-refractivity contribution is 5.80. The topological polar surface area (TPSA) is 67.6 Å². The van der Waals surface area contributed by atoms with Crippen molar-refractivity contribution in [3.05, 3.63) is 83.4 Å². The zero-order valence-corrected chi connectivity index (χ0v) is 18.2. The summed E-state index contributed by atoms with van der Waals surface area (Å²) in [5.41, 5.74) is 4.88. The van der Waals surface area contributed by atoms with Crippen LogP contribution >= 0.6 is 0 Å². The summed E-state index contributed by atoms with van der Waals surface area (Å²) < 4.78 is 7.92. The standard InChI is InChI=1S/C24H30N6O/c1-3-26-24(29-11-12-31-23(16-29)22-10-5-4-7-19(22)2)27-14-20-8-6-9-21(13-20)15-30-18-25-17-28-30/h4-10,13,17-18,23H,3,11-12,14-16H2,1-2H3,(H,26,27). The molecular weight excluding hydrogens is 388 g/mol. The maximum Gasteiger partial charge on any atom is 0.194 e. The minimum absolute atomic E-state index is 0.0600. The highest BCUT2D eigenvalue weighted by Crippen LogP contribution is 2.25. The molecule has 0 saturated carbocycles. The first-order valence-electron chi connectivity index (χ1n) is 10.8. The first-order valence-corrected chi connectivity index (χ1v) is 10.8. The molecule has 1 aliphatic heterocycles. The number of aliphatic imine (C=N–C) groups is 1. The number of nitrogens with zero attached hydrogens (tertiary/aromatic N) is 5. The minimum atomic E-state index is 0.0600. The summed E-state index contributed by atoms with van der Waals surface area (Å²) in [7, 11) is 0. The summed E-state index contributed by atoms with van der Waals surface area (Å²) in [4.78, 5) is 11.3. The number of hydrogen-bond acceptors (Lipinski definition) is 4. The third-order valence-corrected chi connectivity index (χ3v) is 5.45. The molecule has 7 nitrogen and oxygen atoms in total. The van der Waals surface area contributed by atoms with E-state index in [2.05, 4.69) is 82.7 Å². The second-order valence-electron chi connectivity index (χ2n) is 7.75. The van der Waals surface area contributed by atoms with E-state index in [4.69, 9.17) is 9.73 Å². The van der Waals surface area contributed by atoms with Crippen molar-refractivity contribution < 1.29 is 4.74 Å². The van der Waals surface area contributed by atoms with Crippen LogP contribution in [0.25, 0.3) is 0 Å². The molecule has 1 saturated heterocycles. The summed E-state index contributed by atoms with van der Waals surface area (Å²) in [6, 6.07) is 16.9. The van der Waals surface area contributed by atoms with E-state index in [0.717, 1.165) is 25.6 Å². The van der Waals surface area contributed by atoms with Gasteiger partial charge >= 0.3 is 0 Å². The number of nitrogens with one attached hydrogen (secondary N) is 1. The zero-order valence-electron chi connectivity index (χ0n) is 18.2. The molecule has 0 amide bonds. The van der Waals surface area contributed by atoms with Crippen LogP contribution in [0.15, 0.2) is 66.2 Å². The molecule has 7 heteroatoms. The van der Waals surface area contributed by atoms with Crippen LogP contribution in [0.2, 0.25) is 0 Å². The SMILES string of the molecule is CCNC(=NCc1cccc(Cn2cncn2)c1)N1CCOC(c2ccccc2C)C1. The van der Waals surface area contributed by atoms with E-state index in [9.17, 15) is 0 Å². The Bertz CT molecular complexity index is 1000. The van der Waals surface area contributed by atoms with Gasteiger partial charge in [-0.05, 0) is 36.1 Å². The van der Waals surface area contributed by atoms with Crippen molar-refractivity contribution in [1.29, 1.82) is 0 Å². The Balaban J connectivity index is 1.46. The molecule has 1 unspecified atom stereocenters. The van der Waals surface area contributed by atoms with Crippen molar-refractivity contribution in [2.24, 2.45) is 4.99 Å². The molecule has 1 fully saturated rings. The van der Waals surface area contributed by atoms with E-state index in [1.54, 1.807) is 12.7 Å². The molecule has 4 rings (SSSR count). The van der Waals surface area contributed by atoms with Crippen LogP contribution in [0, 0.1) is 6.92 Å². The maximum atomic E-state index is 6.09. The summed E-state index contributed by atoms with van der Waals surface area (Å²) >= 11 is 0. The second kappa shape index (κ2) is 10.2. The van der Waals surface area contributed by atoms with E-state index in [1.165, 1.54) is 22.3 Å². The Labute approximate surface area is 183 Å². The number of benzene rings is 2. The molecule has 31 heavy (non-hydrogen) atoms. The number of aromatic nitrogens is 3. The number of guanidine groups is 1. The van der Waals surface area contributed by atoms with Crippen LogP contribution in [-0.4, -0.2) is 51.9 Å². The molecule has 1 N–H and O–H groups in total. The fourth-order valence-electron chi connectivity index (χ4n) is 3.90. The van der Waals surface area contributed by atoms with E-state index < -0.39 is 0 Å². The van der Waals surface area contributed by atoms with Gasteiger partial charge in [0.25, 0.3) is 0 Å².